The molecule has 2 heterocycles. The quantitative estimate of drug-likeness (QED) is 0.383. The van der Waals surface area contributed by atoms with Crippen LogP contribution in [-0.4, -0.2) is 60.5 Å². The van der Waals surface area contributed by atoms with Gasteiger partial charge in [-0.25, -0.2) is 5.01 Å². The van der Waals surface area contributed by atoms with Crippen LogP contribution in [0.3, 0.4) is 0 Å². The van der Waals surface area contributed by atoms with Gasteiger partial charge in [-0.3, -0.25) is 14.9 Å². The number of nitrogens with one attached hydrogen (secondary N) is 1. The molecule has 0 spiro atoms. The lowest BCUT2D eigenvalue weighted by molar-refractivity contribution is -0.388. The van der Waals surface area contributed by atoms with Crippen LogP contribution in [0, 0.1) is 28.9 Å². The van der Waals surface area contributed by atoms with Gasteiger partial charge in [-0.15, -0.1) is 0 Å². The number of alkyl halides is 3. The van der Waals surface area contributed by atoms with Crippen LogP contribution in [0.25, 0.3) is 0 Å². The molecule has 0 atom stereocenters. The van der Waals surface area contributed by atoms with Gasteiger partial charge in [-0.05, 0) is 62.8 Å². The van der Waals surface area contributed by atoms with Gasteiger partial charge in [-0.1, -0.05) is 17.7 Å². The highest BCUT2D eigenvalue weighted by molar-refractivity contribution is 5.79. The summed E-state index contributed by atoms with van der Waals surface area (Å²) in [6.07, 6.45) is -1.59. The van der Waals surface area contributed by atoms with Crippen molar-refractivity contribution >= 4 is 23.0 Å². The third kappa shape index (κ3) is 6.75. The highest BCUT2D eigenvalue weighted by atomic mass is 19.4. The van der Waals surface area contributed by atoms with Gasteiger partial charge in [0.25, 0.3) is 5.69 Å². The second-order valence-electron chi connectivity index (χ2n) is 10.3. The van der Waals surface area contributed by atoms with E-state index in [9.17, 15) is 28.1 Å². The number of piperidine rings is 2. The molecule has 2 fully saturated rings. The van der Waals surface area contributed by atoms with Crippen molar-refractivity contribution in [2.24, 2.45) is 11.8 Å². The van der Waals surface area contributed by atoms with Crippen LogP contribution in [-0.2, 0) is 11.0 Å². The highest BCUT2D eigenvalue weighted by Gasteiger charge is 2.38. The molecule has 0 bridgehead atoms. The number of rotatable bonds is 7. The lowest BCUT2D eigenvalue weighted by atomic mass is 9.93. The Hall–Kier alpha value is -3.34. The summed E-state index contributed by atoms with van der Waals surface area (Å²) in [5, 5.41) is 12.8. The normalized spacial score (nSPS) is 17.9. The fourth-order valence-electron chi connectivity index (χ4n) is 5.33. The van der Waals surface area contributed by atoms with Crippen molar-refractivity contribution in [3.8, 4) is 0 Å². The first-order valence-electron chi connectivity index (χ1n) is 12.9. The van der Waals surface area contributed by atoms with E-state index in [0.29, 0.717) is 25.6 Å². The molecule has 2 aromatic rings. The molecule has 0 radical (unpaired) electrons. The average molecular weight is 534 g/mol. The third-order valence-corrected chi connectivity index (χ3v) is 7.55. The van der Waals surface area contributed by atoms with E-state index in [-0.39, 0.29) is 17.5 Å². The van der Waals surface area contributed by atoms with Crippen LogP contribution in [0.15, 0.2) is 42.5 Å². The summed E-state index contributed by atoms with van der Waals surface area (Å²) in [5.41, 5.74) is 3.30. The minimum Gasteiger partial charge on any atom is -0.371 e. The van der Waals surface area contributed by atoms with E-state index < -0.39 is 22.4 Å². The molecular weight excluding hydrogens is 499 g/mol. The zero-order valence-corrected chi connectivity index (χ0v) is 21.7. The lowest BCUT2D eigenvalue weighted by Gasteiger charge is -2.37. The number of halogens is 3. The Morgan fingerprint density at radius 1 is 1.05 bits per heavy atom. The fraction of sp³-hybridized carbons (Fsp3) is 0.519. The molecule has 0 unspecified atom stereocenters. The first kappa shape index (κ1) is 27.7. The molecule has 0 aliphatic carbocycles. The number of nitro groups is 1. The first-order chi connectivity index (χ1) is 18.0. The molecule has 38 heavy (non-hydrogen) atoms. The molecular formula is C27H34F3N5O3. The van der Waals surface area contributed by atoms with Gasteiger partial charge in [0.2, 0.25) is 5.91 Å². The molecule has 4 rings (SSSR count). The maximum Gasteiger partial charge on any atom is 0.423 e. The number of benzene rings is 2. The summed E-state index contributed by atoms with van der Waals surface area (Å²) in [6, 6.07) is 11.4. The van der Waals surface area contributed by atoms with Gasteiger partial charge < -0.3 is 15.2 Å². The number of nitrogens with zero attached hydrogens (tertiary/aromatic N) is 4. The summed E-state index contributed by atoms with van der Waals surface area (Å²) in [5.74, 6) is 0.505. The molecule has 2 saturated heterocycles. The first-order valence-corrected chi connectivity index (χ1v) is 12.9. The standard InChI is InChI=1S/C27H34F3N5O3/c1-19-3-6-23(7-4-19)33-13-11-21(12-14-33)26(36)32(2)18-20-9-15-34(16-10-20)31-22-5-8-25(35(37)38)24(17-22)27(28,29)30/h3-8,17,20-21,31H,9-16,18H2,1-2H3. The van der Waals surface area contributed by atoms with Crippen molar-refractivity contribution < 1.29 is 22.9 Å². The summed E-state index contributed by atoms with van der Waals surface area (Å²) in [6.45, 7) is 5.63. The van der Waals surface area contributed by atoms with Gasteiger partial charge in [0.15, 0.2) is 0 Å². The summed E-state index contributed by atoms with van der Waals surface area (Å²) in [7, 11) is 1.86. The number of anilines is 2. The SMILES string of the molecule is Cc1ccc(N2CCC(C(=O)N(C)CC3CCN(Nc4ccc([N+](=O)[O-])c(C(F)(F)F)c4)CC3)CC2)cc1. The Morgan fingerprint density at radius 2 is 1.68 bits per heavy atom. The van der Waals surface area contributed by atoms with Crippen LogP contribution in [0.5, 0.6) is 0 Å². The lowest BCUT2D eigenvalue weighted by Crippen LogP contribution is -2.45. The van der Waals surface area contributed by atoms with Crippen molar-refractivity contribution in [3.05, 3.63) is 63.7 Å². The van der Waals surface area contributed by atoms with Crippen LogP contribution >= 0.6 is 0 Å². The minimum absolute atomic E-state index is 0.0217. The number of hydrazine groups is 1. The predicted molar refractivity (Wildman–Crippen MR) is 140 cm³/mol. The maximum atomic E-state index is 13.3. The summed E-state index contributed by atoms with van der Waals surface area (Å²) < 4.78 is 39.8. The van der Waals surface area contributed by atoms with Crippen molar-refractivity contribution in [2.45, 2.75) is 38.8 Å². The largest absolute Gasteiger partial charge is 0.423 e. The molecule has 2 aromatic carbocycles. The number of nitro benzene ring substituents is 1. The fourth-order valence-corrected chi connectivity index (χ4v) is 5.33. The molecule has 8 nitrogen and oxygen atoms in total. The van der Waals surface area contributed by atoms with Gasteiger partial charge in [-0.2, -0.15) is 13.2 Å². The third-order valence-electron chi connectivity index (χ3n) is 7.55. The van der Waals surface area contributed by atoms with E-state index in [1.165, 1.54) is 17.3 Å². The van der Waals surface area contributed by atoms with Crippen LogP contribution < -0.4 is 10.3 Å². The molecule has 206 valence electrons. The van der Waals surface area contributed by atoms with E-state index in [2.05, 4.69) is 41.5 Å². The van der Waals surface area contributed by atoms with Gasteiger partial charge in [0.1, 0.15) is 5.56 Å². The topological polar surface area (TPSA) is 82.0 Å². The van der Waals surface area contributed by atoms with Crippen molar-refractivity contribution in [3.63, 3.8) is 0 Å². The Labute approximate surface area is 220 Å². The van der Waals surface area contributed by atoms with Gasteiger partial charge >= 0.3 is 6.18 Å². The van der Waals surface area contributed by atoms with Crippen molar-refractivity contribution in [2.75, 3.05) is 50.1 Å². The zero-order chi connectivity index (χ0) is 27.4. The monoisotopic (exact) mass is 533 g/mol. The van der Waals surface area contributed by atoms with E-state index in [0.717, 1.165) is 50.9 Å². The molecule has 1 amide bonds. The number of hydrogen-bond donors (Lipinski definition) is 1. The summed E-state index contributed by atoms with van der Waals surface area (Å²) >= 11 is 0. The summed E-state index contributed by atoms with van der Waals surface area (Å²) in [4.78, 5) is 27.2. The average Bonchev–Trinajstić information content (AvgIpc) is 2.89. The molecule has 1 N–H and O–H groups in total. The number of carbonyl (C=O) groups is 1. The molecule has 11 heteroatoms. The van der Waals surface area contributed by atoms with Gasteiger partial charge in [0.05, 0.1) is 10.6 Å². The van der Waals surface area contributed by atoms with Crippen molar-refractivity contribution in [1.82, 2.24) is 9.91 Å². The van der Waals surface area contributed by atoms with Crippen LogP contribution in [0.1, 0.15) is 36.8 Å². The smallest absolute Gasteiger partial charge is 0.371 e. The number of amides is 1. The Balaban J connectivity index is 1.23. The molecule has 2 aliphatic heterocycles. The molecule has 2 aliphatic rings. The van der Waals surface area contributed by atoms with Crippen LogP contribution in [0.4, 0.5) is 30.2 Å². The predicted octanol–water partition coefficient (Wildman–Crippen LogP) is 5.34. The Morgan fingerprint density at radius 3 is 2.26 bits per heavy atom. The second-order valence-corrected chi connectivity index (χ2v) is 10.3. The van der Waals surface area contributed by atoms with E-state index in [4.69, 9.17) is 0 Å². The van der Waals surface area contributed by atoms with E-state index in [1.807, 2.05) is 17.0 Å². The van der Waals surface area contributed by atoms with Crippen LogP contribution in [0.2, 0.25) is 0 Å². The zero-order valence-electron chi connectivity index (χ0n) is 21.7. The molecule has 0 aromatic heterocycles. The molecule has 0 saturated carbocycles. The number of carbonyl (C=O) groups excluding carboxylic acids is 1. The van der Waals surface area contributed by atoms with Crippen molar-refractivity contribution in [1.29, 1.82) is 0 Å². The highest BCUT2D eigenvalue weighted by Crippen LogP contribution is 2.38. The number of hydrogen-bond acceptors (Lipinski definition) is 6. The van der Waals surface area contributed by atoms with E-state index >= 15 is 0 Å². The maximum absolute atomic E-state index is 13.3. The number of aryl methyl sites for hydroxylation is 1. The Bertz CT molecular complexity index is 1130. The van der Waals surface area contributed by atoms with Gasteiger partial charge in [0, 0.05) is 57.4 Å². The minimum atomic E-state index is -4.82. The van der Waals surface area contributed by atoms with E-state index in [1.54, 1.807) is 0 Å². The Kier molecular flexibility index (Phi) is 8.44. The second kappa shape index (κ2) is 11.6.